The zero-order chi connectivity index (χ0) is 11.5. The van der Waals surface area contributed by atoms with Crippen molar-refractivity contribution in [3.05, 3.63) is 18.3 Å². The highest BCUT2D eigenvalue weighted by Crippen LogP contribution is 2.27. The molecule has 0 fully saturated rings. The van der Waals surface area contributed by atoms with Crippen LogP contribution in [0.5, 0.6) is 0 Å². The highest BCUT2D eigenvalue weighted by molar-refractivity contribution is 5.98. The fraction of sp³-hybridized carbons (Fsp3) is 0.300. The first-order chi connectivity index (χ1) is 7.77. The molecule has 16 heavy (non-hydrogen) atoms. The normalized spacial score (nSPS) is 10.6. The molecule has 6 nitrogen and oxygen atoms in total. The van der Waals surface area contributed by atoms with Crippen LogP contribution in [0.4, 0.5) is 11.4 Å². The number of aromatic nitrogens is 2. The third-order valence-electron chi connectivity index (χ3n) is 2.33. The Labute approximate surface area is 92.6 Å². The van der Waals surface area contributed by atoms with Crippen LogP contribution >= 0.6 is 0 Å². The molecule has 0 aliphatic rings. The molecule has 2 aromatic rings. The summed E-state index contributed by atoms with van der Waals surface area (Å²) in [5.74, 6) is 0. The average molecular weight is 222 g/mol. The van der Waals surface area contributed by atoms with Crippen molar-refractivity contribution < 1.29 is 9.94 Å². The number of hydrogen-bond acceptors (Lipinski definition) is 5. The Morgan fingerprint density at radius 3 is 3.06 bits per heavy atom. The van der Waals surface area contributed by atoms with Gasteiger partial charge in [0, 0.05) is 17.6 Å². The molecule has 0 unspecified atom stereocenters. The Kier molecular flexibility index (Phi) is 2.82. The van der Waals surface area contributed by atoms with Crippen LogP contribution in [0.25, 0.3) is 10.9 Å². The Balaban J connectivity index is 2.52. The monoisotopic (exact) mass is 222 g/mol. The zero-order valence-corrected chi connectivity index (χ0v) is 8.97. The van der Waals surface area contributed by atoms with E-state index in [0.29, 0.717) is 12.2 Å². The van der Waals surface area contributed by atoms with Gasteiger partial charge >= 0.3 is 0 Å². The quantitative estimate of drug-likeness (QED) is 0.638. The van der Waals surface area contributed by atoms with Gasteiger partial charge in [0.25, 0.3) is 0 Å². The summed E-state index contributed by atoms with van der Waals surface area (Å²) >= 11 is 0. The number of nitrogens with one attached hydrogen (secondary N) is 1. The van der Waals surface area contributed by atoms with Gasteiger partial charge in [0.05, 0.1) is 18.5 Å². The van der Waals surface area contributed by atoms with Gasteiger partial charge in [0.15, 0.2) is 0 Å². The maximum atomic E-state index is 8.77. The third kappa shape index (κ3) is 1.63. The van der Waals surface area contributed by atoms with Gasteiger partial charge < -0.3 is 21.0 Å². The Bertz CT molecular complexity index is 495. The van der Waals surface area contributed by atoms with Crippen molar-refractivity contribution >= 4 is 22.3 Å². The van der Waals surface area contributed by atoms with E-state index in [0.717, 1.165) is 16.6 Å². The number of nitrogens with zero attached hydrogens (tertiary/aromatic N) is 2. The van der Waals surface area contributed by atoms with E-state index in [-0.39, 0.29) is 6.61 Å². The second kappa shape index (κ2) is 4.28. The SMILES string of the molecule is COn1ncc2c(NCCO)ccc(N)c21. The number of anilines is 2. The molecule has 4 N–H and O–H groups in total. The standard InChI is InChI=1S/C10H14N4O2/c1-16-14-10-7(6-13-14)9(12-4-5-15)3-2-8(10)11/h2-3,6,12,15H,4-5,11H2,1H3. The Hall–Kier alpha value is -1.95. The van der Waals surface area contributed by atoms with Crippen LogP contribution in [-0.4, -0.2) is 35.3 Å². The van der Waals surface area contributed by atoms with Crippen LogP contribution in [0.15, 0.2) is 18.3 Å². The number of nitrogen functional groups attached to an aromatic ring is 1. The van der Waals surface area contributed by atoms with E-state index in [2.05, 4.69) is 10.4 Å². The molecule has 0 bridgehead atoms. The Morgan fingerprint density at radius 1 is 1.56 bits per heavy atom. The summed E-state index contributed by atoms with van der Waals surface area (Å²) in [4.78, 5) is 6.43. The smallest absolute Gasteiger partial charge is 0.135 e. The molecule has 0 radical (unpaired) electrons. The number of hydrogen-bond donors (Lipinski definition) is 3. The van der Waals surface area contributed by atoms with Crippen LogP contribution in [0.1, 0.15) is 0 Å². The molecule has 0 aliphatic carbocycles. The highest BCUT2D eigenvalue weighted by atomic mass is 16.7. The van der Waals surface area contributed by atoms with Crippen LogP contribution < -0.4 is 15.9 Å². The first-order valence-corrected chi connectivity index (χ1v) is 4.93. The van der Waals surface area contributed by atoms with Crippen molar-refractivity contribution in [2.45, 2.75) is 0 Å². The van der Waals surface area contributed by atoms with E-state index < -0.39 is 0 Å². The van der Waals surface area contributed by atoms with Gasteiger partial charge in [-0.15, -0.1) is 5.10 Å². The molecule has 1 heterocycles. The zero-order valence-electron chi connectivity index (χ0n) is 8.97. The minimum atomic E-state index is 0.0737. The third-order valence-corrected chi connectivity index (χ3v) is 2.33. The van der Waals surface area contributed by atoms with E-state index in [1.54, 1.807) is 12.3 Å². The van der Waals surface area contributed by atoms with Gasteiger partial charge in [-0.1, -0.05) is 4.85 Å². The molecule has 86 valence electrons. The summed E-state index contributed by atoms with van der Waals surface area (Å²) in [7, 11) is 1.53. The van der Waals surface area contributed by atoms with Crippen LogP contribution in [-0.2, 0) is 0 Å². The molecule has 0 spiro atoms. The molecule has 0 saturated heterocycles. The van der Waals surface area contributed by atoms with Gasteiger partial charge in [-0.2, -0.15) is 0 Å². The highest BCUT2D eigenvalue weighted by Gasteiger charge is 2.10. The Morgan fingerprint density at radius 2 is 2.38 bits per heavy atom. The largest absolute Gasteiger partial charge is 0.399 e. The molecular weight excluding hydrogens is 208 g/mol. The van der Waals surface area contributed by atoms with Gasteiger partial charge in [-0.3, -0.25) is 0 Å². The first-order valence-electron chi connectivity index (χ1n) is 4.93. The fourth-order valence-electron chi connectivity index (χ4n) is 1.62. The molecule has 0 aliphatic heterocycles. The molecule has 1 aromatic heterocycles. The lowest BCUT2D eigenvalue weighted by atomic mass is 10.2. The van der Waals surface area contributed by atoms with Crippen LogP contribution in [0, 0.1) is 0 Å². The predicted molar refractivity (Wildman–Crippen MR) is 62.2 cm³/mol. The summed E-state index contributed by atoms with van der Waals surface area (Å²) in [6.45, 7) is 0.557. The molecule has 0 atom stereocenters. The van der Waals surface area contributed by atoms with E-state index in [1.165, 1.54) is 12.0 Å². The lowest BCUT2D eigenvalue weighted by Gasteiger charge is -2.08. The number of fused-ring (bicyclic) bond motifs is 1. The van der Waals surface area contributed by atoms with Crippen LogP contribution in [0.3, 0.4) is 0 Å². The molecule has 0 saturated carbocycles. The number of nitrogens with two attached hydrogens (primary N) is 1. The van der Waals surface area contributed by atoms with Crippen molar-refractivity contribution in [3.8, 4) is 0 Å². The van der Waals surface area contributed by atoms with Crippen molar-refractivity contribution in [1.29, 1.82) is 0 Å². The molecule has 0 amide bonds. The summed E-state index contributed by atoms with van der Waals surface area (Å²) in [5, 5.41) is 16.8. The van der Waals surface area contributed by atoms with E-state index in [4.69, 9.17) is 15.7 Å². The maximum Gasteiger partial charge on any atom is 0.135 e. The van der Waals surface area contributed by atoms with E-state index in [1.807, 2.05) is 6.07 Å². The minimum Gasteiger partial charge on any atom is -0.399 e. The maximum absolute atomic E-state index is 8.77. The summed E-state index contributed by atoms with van der Waals surface area (Å²) in [6, 6.07) is 3.63. The molecular formula is C10H14N4O2. The number of aliphatic hydroxyl groups excluding tert-OH is 1. The number of rotatable bonds is 4. The molecule has 2 rings (SSSR count). The molecule has 1 aromatic carbocycles. The topological polar surface area (TPSA) is 85.3 Å². The average Bonchev–Trinajstić information content (AvgIpc) is 2.73. The van der Waals surface area contributed by atoms with Crippen LogP contribution in [0.2, 0.25) is 0 Å². The van der Waals surface area contributed by atoms with E-state index in [9.17, 15) is 0 Å². The number of benzene rings is 1. The van der Waals surface area contributed by atoms with Crippen molar-refractivity contribution in [1.82, 2.24) is 9.94 Å². The lowest BCUT2D eigenvalue weighted by molar-refractivity contribution is 0.145. The van der Waals surface area contributed by atoms with Crippen molar-refractivity contribution in [2.75, 3.05) is 31.3 Å². The van der Waals surface area contributed by atoms with Crippen molar-refractivity contribution in [3.63, 3.8) is 0 Å². The summed E-state index contributed by atoms with van der Waals surface area (Å²) < 4.78 is 0. The first kappa shape index (κ1) is 10.6. The lowest BCUT2D eigenvalue weighted by Crippen LogP contribution is -2.09. The molecule has 6 heteroatoms. The van der Waals surface area contributed by atoms with Gasteiger partial charge in [0.1, 0.15) is 12.6 Å². The fourth-order valence-corrected chi connectivity index (χ4v) is 1.62. The predicted octanol–water partition coefficient (Wildman–Crippen LogP) is 0.0811. The number of aliphatic hydroxyl groups is 1. The minimum absolute atomic E-state index is 0.0737. The second-order valence-corrected chi connectivity index (χ2v) is 3.32. The van der Waals surface area contributed by atoms with Gasteiger partial charge in [-0.05, 0) is 12.1 Å². The summed E-state index contributed by atoms with van der Waals surface area (Å²) in [6.07, 6.45) is 1.68. The second-order valence-electron chi connectivity index (χ2n) is 3.32. The van der Waals surface area contributed by atoms with Gasteiger partial charge in [0.2, 0.25) is 0 Å². The van der Waals surface area contributed by atoms with Crippen molar-refractivity contribution in [2.24, 2.45) is 0 Å². The summed E-state index contributed by atoms with van der Waals surface area (Å²) in [5.41, 5.74) is 8.06. The van der Waals surface area contributed by atoms with Gasteiger partial charge in [-0.25, -0.2) is 0 Å². The van der Waals surface area contributed by atoms with E-state index >= 15 is 0 Å².